The maximum Gasteiger partial charge on any atom is 0.237 e. The second kappa shape index (κ2) is 9.32. The van der Waals surface area contributed by atoms with E-state index in [1.54, 1.807) is 10.9 Å². The lowest BCUT2D eigenvalue weighted by molar-refractivity contribution is -0.133. The summed E-state index contributed by atoms with van der Waals surface area (Å²) in [4.78, 5) is 26.9. The van der Waals surface area contributed by atoms with Crippen LogP contribution in [0.1, 0.15) is 25.8 Å². The van der Waals surface area contributed by atoms with E-state index in [4.69, 9.17) is 0 Å². The predicted octanol–water partition coefficient (Wildman–Crippen LogP) is 1.65. The molecule has 1 aliphatic heterocycles. The molecule has 2 amide bonds. The van der Waals surface area contributed by atoms with Crippen molar-refractivity contribution in [3.63, 3.8) is 0 Å². The number of piperazine rings is 1. The lowest BCUT2D eigenvalue weighted by atomic mass is 10.1. The fourth-order valence-corrected chi connectivity index (χ4v) is 3.24. The SMILES string of the molecule is CC(C)=CCN1CCNC(=O)C1CC(=O)NCc1ccccc1-n1cccn1. The van der Waals surface area contributed by atoms with E-state index >= 15 is 0 Å². The first-order chi connectivity index (χ1) is 13.5. The molecule has 2 aromatic rings. The van der Waals surface area contributed by atoms with E-state index in [9.17, 15) is 9.59 Å². The quantitative estimate of drug-likeness (QED) is 0.715. The molecule has 1 aromatic heterocycles. The number of aromatic nitrogens is 2. The summed E-state index contributed by atoms with van der Waals surface area (Å²) >= 11 is 0. The lowest BCUT2D eigenvalue weighted by Gasteiger charge is -2.34. The molecule has 2 N–H and O–H groups in total. The third-order valence-electron chi connectivity index (χ3n) is 4.77. The van der Waals surface area contributed by atoms with Crippen molar-refractivity contribution in [1.82, 2.24) is 25.3 Å². The molecule has 0 bridgehead atoms. The number of nitrogens with zero attached hydrogens (tertiary/aromatic N) is 3. The van der Waals surface area contributed by atoms with E-state index < -0.39 is 6.04 Å². The molecular formula is C21H27N5O2. The van der Waals surface area contributed by atoms with Crippen LogP contribution >= 0.6 is 0 Å². The summed E-state index contributed by atoms with van der Waals surface area (Å²) in [6.45, 7) is 6.49. The third kappa shape index (κ3) is 5.07. The van der Waals surface area contributed by atoms with Crippen molar-refractivity contribution in [3.05, 3.63) is 59.9 Å². The number of hydrogen-bond acceptors (Lipinski definition) is 4. The van der Waals surface area contributed by atoms with Crippen LogP contribution in [0.5, 0.6) is 0 Å². The Balaban J connectivity index is 1.62. The zero-order valence-corrected chi connectivity index (χ0v) is 16.4. The van der Waals surface area contributed by atoms with Crippen LogP contribution in [0.3, 0.4) is 0 Å². The molecule has 148 valence electrons. The molecule has 1 fully saturated rings. The summed E-state index contributed by atoms with van der Waals surface area (Å²) < 4.78 is 1.78. The molecule has 7 heteroatoms. The van der Waals surface area contributed by atoms with E-state index in [0.717, 1.165) is 17.8 Å². The number of hydrogen-bond donors (Lipinski definition) is 2. The highest BCUT2D eigenvalue weighted by atomic mass is 16.2. The van der Waals surface area contributed by atoms with Crippen molar-refractivity contribution in [3.8, 4) is 5.69 Å². The van der Waals surface area contributed by atoms with Gasteiger partial charge in [-0.1, -0.05) is 29.8 Å². The Morgan fingerprint density at radius 3 is 2.89 bits per heavy atom. The van der Waals surface area contributed by atoms with Gasteiger partial charge in [-0.2, -0.15) is 5.10 Å². The molecule has 0 spiro atoms. The molecule has 0 aliphatic carbocycles. The minimum Gasteiger partial charge on any atom is -0.353 e. The van der Waals surface area contributed by atoms with Gasteiger partial charge < -0.3 is 10.6 Å². The molecular weight excluding hydrogens is 354 g/mol. The first-order valence-electron chi connectivity index (χ1n) is 9.54. The van der Waals surface area contributed by atoms with E-state index in [1.165, 1.54) is 5.57 Å². The van der Waals surface area contributed by atoms with Crippen molar-refractivity contribution in [2.45, 2.75) is 32.9 Å². The van der Waals surface area contributed by atoms with Gasteiger partial charge in [0.1, 0.15) is 0 Å². The number of benzene rings is 1. The van der Waals surface area contributed by atoms with Gasteiger partial charge in [0, 0.05) is 38.6 Å². The van der Waals surface area contributed by atoms with Gasteiger partial charge in [0.15, 0.2) is 0 Å². The van der Waals surface area contributed by atoms with Crippen LogP contribution in [0.15, 0.2) is 54.4 Å². The highest BCUT2D eigenvalue weighted by Crippen LogP contribution is 2.14. The fourth-order valence-electron chi connectivity index (χ4n) is 3.24. The van der Waals surface area contributed by atoms with Crippen molar-refractivity contribution in [2.24, 2.45) is 0 Å². The van der Waals surface area contributed by atoms with Crippen LogP contribution in [0.4, 0.5) is 0 Å². The number of carbonyl (C=O) groups is 2. The van der Waals surface area contributed by atoms with Gasteiger partial charge in [-0.3, -0.25) is 14.5 Å². The van der Waals surface area contributed by atoms with Crippen LogP contribution in [0.25, 0.3) is 5.69 Å². The largest absolute Gasteiger partial charge is 0.353 e. The highest BCUT2D eigenvalue weighted by Gasteiger charge is 2.30. The van der Waals surface area contributed by atoms with Gasteiger partial charge in [-0.05, 0) is 31.5 Å². The zero-order chi connectivity index (χ0) is 19.9. The maximum atomic E-state index is 12.6. The van der Waals surface area contributed by atoms with Gasteiger partial charge in [-0.15, -0.1) is 0 Å². The van der Waals surface area contributed by atoms with Crippen LogP contribution in [-0.2, 0) is 16.1 Å². The average Bonchev–Trinajstić information content (AvgIpc) is 3.21. The van der Waals surface area contributed by atoms with Crippen LogP contribution in [-0.4, -0.2) is 52.2 Å². The molecule has 0 radical (unpaired) electrons. The Kier molecular flexibility index (Phi) is 6.60. The lowest BCUT2D eigenvalue weighted by Crippen LogP contribution is -2.56. The number of para-hydroxylation sites is 1. The van der Waals surface area contributed by atoms with Gasteiger partial charge in [-0.25, -0.2) is 4.68 Å². The second-order valence-electron chi connectivity index (χ2n) is 7.14. The molecule has 1 saturated heterocycles. The van der Waals surface area contributed by atoms with E-state index in [2.05, 4.69) is 26.7 Å². The van der Waals surface area contributed by atoms with Crippen molar-refractivity contribution in [2.75, 3.05) is 19.6 Å². The van der Waals surface area contributed by atoms with Gasteiger partial charge in [0.25, 0.3) is 0 Å². The normalized spacial score (nSPS) is 17.1. The summed E-state index contributed by atoms with van der Waals surface area (Å²) in [6, 6.07) is 9.22. The van der Waals surface area contributed by atoms with Crippen LogP contribution in [0.2, 0.25) is 0 Å². The topological polar surface area (TPSA) is 79.3 Å². The molecule has 28 heavy (non-hydrogen) atoms. The predicted molar refractivity (Wildman–Crippen MR) is 108 cm³/mol. The van der Waals surface area contributed by atoms with Gasteiger partial charge in [0.2, 0.25) is 11.8 Å². The molecule has 1 unspecified atom stereocenters. The fraction of sp³-hybridized carbons (Fsp3) is 0.381. The minimum absolute atomic E-state index is 0.0829. The highest BCUT2D eigenvalue weighted by molar-refractivity contribution is 5.88. The van der Waals surface area contributed by atoms with Gasteiger partial charge in [0.05, 0.1) is 18.2 Å². The minimum atomic E-state index is -0.439. The number of allylic oxidation sites excluding steroid dienone is 1. The van der Waals surface area contributed by atoms with Crippen LogP contribution in [0, 0.1) is 0 Å². The number of rotatable bonds is 7. The Hall–Kier alpha value is -2.93. The average molecular weight is 381 g/mol. The molecule has 1 aromatic carbocycles. The van der Waals surface area contributed by atoms with E-state index in [0.29, 0.717) is 19.6 Å². The van der Waals surface area contributed by atoms with Gasteiger partial charge >= 0.3 is 0 Å². The summed E-state index contributed by atoms with van der Waals surface area (Å²) in [6.07, 6.45) is 5.82. The van der Waals surface area contributed by atoms with E-state index in [1.807, 2.05) is 50.4 Å². The van der Waals surface area contributed by atoms with Crippen molar-refractivity contribution < 1.29 is 9.59 Å². The monoisotopic (exact) mass is 381 g/mol. The molecule has 3 rings (SSSR count). The Bertz CT molecular complexity index is 840. The van der Waals surface area contributed by atoms with Crippen molar-refractivity contribution in [1.29, 1.82) is 0 Å². The molecule has 1 aliphatic rings. The first-order valence-corrected chi connectivity index (χ1v) is 9.54. The summed E-state index contributed by atoms with van der Waals surface area (Å²) in [5.41, 5.74) is 3.09. The molecule has 2 heterocycles. The Labute approximate surface area is 165 Å². The standard InChI is InChI=1S/C21H27N5O2/c1-16(2)8-12-25-13-10-22-21(28)19(25)14-20(27)23-15-17-6-3-4-7-18(17)26-11-5-9-24-26/h3-9,11,19H,10,12-15H2,1-2H3,(H,22,28)(H,23,27). The molecule has 7 nitrogen and oxygen atoms in total. The number of nitrogens with one attached hydrogen (secondary N) is 2. The van der Waals surface area contributed by atoms with Crippen molar-refractivity contribution >= 4 is 11.8 Å². The first kappa shape index (κ1) is 19.8. The summed E-state index contributed by atoms with van der Waals surface area (Å²) in [5, 5.41) is 10.1. The summed E-state index contributed by atoms with van der Waals surface area (Å²) in [5.74, 6) is -0.222. The van der Waals surface area contributed by atoms with E-state index in [-0.39, 0.29) is 18.2 Å². The summed E-state index contributed by atoms with van der Waals surface area (Å²) in [7, 11) is 0. The molecule has 1 atom stereocenters. The second-order valence-corrected chi connectivity index (χ2v) is 7.14. The number of amides is 2. The smallest absolute Gasteiger partial charge is 0.237 e. The Morgan fingerprint density at radius 2 is 2.14 bits per heavy atom. The Morgan fingerprint density at radius 1 is 1.32 bits per heavy atom. The number of carbonyl (C=O) groups excluding carboxylic acids is 2. The maximum absolute atomic E-state index is 12.6. The van der Waals surface area contributed by atoms with Crippen LogP contribution < -0.4 is 10.6 Å². The zero-order valence-electron chi connectivity index (χ0n) is 16.4. The third-order valence-corrected chi connectivity index (χ3v) is 4.77. The molecule has 0 saturated carbocycles.